The first-order valence-electron chi connectivity index (χ1n) is 7.69. The molecule has 0 bridgehead atoms. The molecule has 1 heterocycles. The third-order valence-corrected chi connectivity index (χ3v) is 3.74. The third kappa shape index (κ3) is 4.43. The molecule has 22 heavy (non-hydrogen) atoms. The average molecular weight is 308 g/mol. The second kappa shape index (κ2) is 8.12. The number of anilines is 1. The summed E-state index contributed by atoms with van der Waals surface area (Å²) >= 11 is 0. The number of benzene rings is 1. The van der Waals surface area contributed by atoms with E-state index in [9.17, 15) is 15.0 Å². The molecule has 2 atom stereocenters. The number of hydrogen-bond acceptors (Lipinski definition) is 6. The minimum atomic E-state index is -1.17. The minimum absolute atomic E-state index is 0.215. The Morgan fingerprint density at radius 2 is 2.09 bits per heavy atom. The molecule has 0 amide bonds. The van der Waals surface area contributed by atoms with Crippen LogP contribution in [0.3, 0.4) is 0 Å². The highest BCUT2D eigenvalue weighted by Crippen LogP contribution is 2.24. The molecule has 1 aliphatic rings. The Labute approximate surface area is 130 Å². The van der Waals surface area contributed by atoms with E-state index >= 15 is 0 Å². The molecule has 6 heteroatoms. The molecule has 122 valence electrons. The molecule has 1 aromatic rings. The number of carbonyl (C=O) groups excluding carboxylic acids is 1. The van der Waals surface area contributed by atoms with E-state index in [0.717, 1.165) is 31.9 Å². The quantitative estimate of drug-likeness (QED) is 0.662. The van der Waals surface area contributed by atoms with Crippen LogP contribution < -0.4 is 10.2 Å². The average Bonchev–Trinajstić information content (AvgIpc) is 2.55. The molecule has 3 N–H and O–H groups in total. The van der Waals surface area contributed by atoms with Crippen LogP contribution in [-0.4, -0.2) is 55.1 Å². The summed E-state index contributed by atoms with van der Waals surface area (Å²) in [6, 6.07) is 7.46. The lowest BCUT2D eigenvalue weighted by Crippen LogP contribution is -2.43. The maximum atomic E-state index is 11.4. The van der Waals surface area contributed by atoms with Crippen molar-refractivity contribution in [3.8, 4) is 0 Å². The molecule has 1 fully saturated rings. The van der Waals surface area contributed by atoms with E-state index < -0.39 is 18.2 Å². The van der Waals surface area contributed by atoms with Crippen LogP contribution in [-0.2, 0) is 9.53 Å². The summed E-state index contributed by atoms with van der Waals surface area (Å²) in [4.78, 5) is 13.6. The van der Waals surface area contributed by atoms with E-state index in [2.05, 4.69) is 10.2 Å². The summed E-state index contributed by atoms with van der Waals surface area (Å²) in [7, 11) is 0. The number of carbonyl (C=O) groups is 1. The summed E-state index contributed by atoms with van der Waals surface area (Å²) in [5.74, 6) is -0.507. The SMILES string of the molecule is CCOC(=O)CC(O)C(O)c1cccc(N2CCNCC2)c1. The second-order valence-corrected chi connectivity index (χ2v) is 5.35. The predicted molar refractivity (Wildman–Crippen MR) is 83.7 cm³/mol. The molecular formula is C16H24N2O4. The first-order valence-corrected chi connectivity index (χ1v) is 7.69. The molecule has 1 aliphatic heterocycles. The van der Waals surface area contributed by atoms with E-state index in [1.807, 2.05) is 18.2 Å². The van der Waals surface area contributed by atoms with Crippen molar-refractivity contribution in [2.45, 2.75) is 25.6 Å². The predicted octanol–water partition coefficient (Wildman–Crippen LogP) is 0.444. The lowest BCUT2D eigenvalue weighted by molar-refractivity contribution is -0.147. The van der Waals surface area contributed by atoms with Crippen LogP contribution >= 0.6 is 0 Å². The number of aliphatic hydroxyl groups excluding tert-OH is 2. The van der Waals surface area contributed by atoms with Gasteiger partial charge in [0.25, 0.3) is 0 Å². The van der Waals surface area contributed by atoms with Gasteiger partial charge in [0.2, 0.25) is 0 Å². The zero-order chi connectivity index (χ0) is 15.9. The van der Waals surface area contributed by atoms with Crippen molar-refractivity contribution in [2.75, 3.05) is 37.7 Å². The second-order valence-electron chi connectivity index (χ2n) is 5.35. The van der Waals surface area contributed by atoms with E-state index in [-0.39, 0.29) is 13.0 Å². The maximum absolute atomic E-state index is 11.4. The molecule has 1 aromatic carbocycles. The van der Waals surface area contributed by atoms with Gasteiger partial charge in [0.05, 0.1) is 19.1 Å². The molecule has 0 spiro atoms. The van der Waals surface area contributed by atoms with Crippen LogP contribution in [0.4, 0.5) is 5.69 Å². The summed E-state index contributed by atoms with van der Waals surface area (Å²) in [6.07, 6.45) is -2.49. The molecule has 0 radical (unpaired) electrons. The number of esters is 1. The molecule has 2 rings (SSSR count). The molecule has 1 saturated heterocycles. The standard InChI is InChI=1S/C16H24N2O4/c1-2-22-15(20)11-14(19)16(21)12-4-3-5-13(10-12)18-8-6-17-7-9-18/h3-5,10,14,16-17,19,21H,2,6-9,11H2,1H3. The smallest absolute Gasteiger partial charge is 0.308 e. The van der Waals surface area contributed by atoms with Gasteiger partial charge < -0.3 is 25.2 Å². The van der Waals surface area contributed by atoms with Gasteiger partial charge in [0.15, 0.2) is 0 Å². The van der Waals surface area contributed by atoms with Gasteiger partial charge in [-0.3, -0.25) is 4.79 Å². The van der Waals surface area contributed by atoms with Crippen LogP contribution in [0.25, 0.3) is 0 Å². The van der Waals surface area contributed by atoms with E-state index in [4.69, 9.17) is 4.74 Å². The number of nitrogens with one attached hydrogen (secondary N) is 1. The van der Waals surface area contributed by atoms with Crippen molar-refractivity contribution in [3.63, 3.8) is 0 Å². The highest BCUT2D eigenvalue weighted by Gasteiger charge is 2.23. The molecule has 2 unspecified atom stereocenters. The first-order chi connectivity index (χ1) is 10.6. The molecule has 0 aromatic heterocycles. The van der Waals surface area contributed by atoms with Gasteiger partial charge in [-0.25, -0.2) is 0 Å². The van der Waals surface area contributed by atoms with Gasteiger partial charge in [-0.05, 0) is 24.6 Å². The summed E-state index contributed by atoms with van der Waals surface area (Å²) in [5.41, 5.74) is 1.62. The van der Waals surface area contributed by atoms with Crippen LogP contribution in [0.2, 0.25) is 0 Å². The molecular weight excluding hydrogens is 284 g/mol. The maximum Gasteiger partial charge on any atom is 0.308 e. The van der Waals surface area contributed by atoms with Crippen LogP contribution in [0, 0.1) is 0 Å². The Morgan fingerprint density at radius 3 is 2.77 bits per heavy atom. The summed E-state index contributed by atoms with van der Waals surface area (Å²) in [6.45, 7) is 5.64. The van der Waals surface area contributed by atoms with Crippen molar-refractivity contribution >= 4 is 11.7 Å². The van der Waals surface area contributed by atoms with Gasteiger partial charge in [-0.1, -0.05) is 12.1 Å². The zero-order valence-corrected chi connectivity index (χ0v) is 12.9. The summed E-state index contributed by atoms with van der Waals surface area (Å²) < 4.78 is 4.79. The van der Waals surface area contributed by atoms with Crippen molar-refractivity contribution in [2.24, 2.45) is 0 Å². The lowest BCUT2D eigenvalue weighted by atomic mass is 10.0. The van der Waals surface area contributed by atoms with E-state index in [1.54, 1.807) is 13.0 Å². The van der Waals surface area contributed by atoms with E-state index in [0.29, 0.717) is 5.56 Å². The third-order valence-electron chi connectivity index (χ3n) is 3.74. The van der Waals surface area contributed by atoms with Crippen molar-refractivity contribution in [1.82, 2.24) is 5.32 Å². The number of nitrogens with zero attached hydrogens (tertiary/aromatic N) is 1. The Bertz CT molecular complexity index is 489. The van der Waals surface area contributed by atoms with Crippen LogP contribution in [0.1, 0.15) is 25.0 Å². The number of ether oxygens (including phenoxy) is 1. The fourth-order valence-corrected chi connectivity index (χ4v) is 2.55. The topological polar surface area (TPSA) is 82.0 Å². The van der Waals surface area contributed by atoms with Crippen LogP contribution in [0.15, 0.2) is 24.3 Å². The fraction of sp³-hybridized carbons (Fsp3) is 0.562. The molecule has 0 saturated carbocycles. The van der Waals surface area contributed by atoms with Gasteiger partial charge in [0.1, 0.15) is 6.10 Å². The largest absolute Gasteiger partial charge is 0.466 e. The highest BCUT2D eigenvalue weighted by atomic mass is 16.5. The van der Waals surface area contributed by atoms with Crippen molar-refractivity contribution in [3.05, 3.63) is 29.8 Å². The number of hydrogen-bond donors (Lipinski definition) is 3. The number of rotatable bonds is 6. The van der Waals surface area contributed by atoms with E-state index in [1.165, 1.54) is 0 Å². The van der Waals surface area contributed by atoms with Gasteiger partial charge in [-0.15, -0.1) is 0 Å². The lowest BCUT2D eigenvalue weighted by Gasteiger charge is -2.30. The Hall–Kier alpha value is -1.63. The monoisotopic (exact) mass is 308 g/mol. The van der Waals surface area contributed by atoms with Crippen molar-refractivity contribution < 1.29 is 19.7 Å². The van der Waals surface area contributed by atoms with Gasteiger partial charge in [0, 0.05) is 31.9 Å². The zero-order valence-electron chi connectivity index (χ0n) is 12.9. The van der Waals surface area contributed by atoms with Crippen molar-refractivity contribution in [1.29, 1.82) is 0 Å². The van der Waals surface area contributed by atoms with Gasteiger partial charge >= 0.3 is 5.97 Å². The highest BCUT2D eigenvalue weighted by molar-refractivity contribution is 5.70. The molecule has 0 aliphatic carbocycles. The Morgan fingerprint density at radius 1 is 1.36 bits per heavy atom. The Kier molecular flexibility index (Phi) is 6.18. The molecule has 6 nitrogen and oxygen atoms in total. The Balaban J connectivity index is 2.02. The number of piperazine rings is 1. The summed E-state index contributed by atoms with van der Waals surface area (Å²) in [5, 5.41) is 23.5. The van der Waals surface area contributed by atoms with Crippen LogP contribution in [0.5, 0.6) is 0 Å². The normalized spacial score (nSPS) is 17.9. The first kappa shape index (κ1) is 16.7. The fourth-order valence-electron chi connectivity index (χ4n) is 2.55. The minimum Gasteiger partial charge on any atom is -0.466 e. The van der Waals surface area contributed by atoms with Gasteiger partial charge in [-0.2, -0.15) is 0 Å². The number of aliphatic hydroxyl groups is 2.